The summed E-state index contributed by atoms with van der Waals surface area (Å²) in [5.74, 6) is 0.348. The maximum absolute atomic E-state index is 5.94. The molecule has 0 bridgehead atoms. The molecule has 130 valence electrons. The lowest BCUT2D eigenvalue weighted by atomic mass is 10.3. The van der Waals surface area contributed by atoms with E-state index >= 15 is 0 Å². The predicted molar refractivity (Wildman–Crippen MR) is 94.8 cm³/mol. The molecule has 0 unspecified atom stereocenters. The van der Waals surface area contributed by atoms with E-state index in [1.165, 1.54) is 0 Å². The molecule has 1 heterocycles. The number of anilines is 3. The maximum Gasteiger partial charge on any atom is 0.324 e. The van der Waals surface area contributed by atoms with Gasteiger partial charge in [0.2, 0.25) is 5.95 Å². The zero-order chi connectivity index (χ0) is 17.2. The van der Waals surface area contributed by atoms with Crippen molar-refractivity contribution in [2.75, 3.05) is 24.3 Å². The quantitative estimate of drug-likeness (QED) is 0.507. The van der Waals surface area contributed by atoms with Crippen molar-refractivity contribution in [3.05, 3.63) is 24.3 Å². The summed E-state index contributed by atoms with van der Waals surface area (Å²) >= 11 is 0. The number of nitrogens with one attached hydrogen (secondary N) is 1. The van der Waals surface area contributed by atoms with E-state index < -0.39 is 0 Å². The molecular formula is C17H25N5O2. The average Bonchev–Trinajstić information content (AvgIpc) is 2.57. The van der Waals surface area contributed by atoms with Gasteiger partial charge in [0, 0.05) is 0 Å². The third-order valence-electron chi connectivity index (χ3n) is 3.26. The van der Waals surface area contributed by atoms with Crippen molar-refractivity contribution in [1.82, 2.24) is 15.0 Å². The van der Waals surface area contributed by atoms with Crippen LogP contribution in [0, 0.1) is 0 Å². The van der Waals surface area contributed by atoms with Crippen LogP contribution < -0.4 is 20.5 Å². The SMILES string of the molecule is CCCCOc1nc(Nc2ccccc2N)nc(OCCCC)n1. The van der Waals surface area contributed by atoms with Gasteiger partial charge in [-0.05, 0) is 25.0 Å². The van der Waals surface area contributed by atoms with Crippen molar-refractivity contribution >= 4 is 17.3 Å². The highest BCUT2D eigenvalue weighted by molar-refractivity contribution is 5.69. The fraction of sp³-hybridized carbons (Fsp3) is 0.471. The van der Waals surface area contributed by atoms with Gasteiger partial charge in [-0.25, -0.2) is 0 Å². The van der Waals surface area contributed by atoms with Crippen molar-refractivity contribution in [2.45, 2.75) is 39.5 Å². The van der Waals surface area contributed by atoms with Gasteiger partial charge >= 0.3 is 12.0 Å². The van der Waals surface area contributed by atoms with Crippen LogP contribution in [0.2, 0.25) is 0 Å². The van der Waals surface area contributed by atoms with Crippen LogP contribution in [0.1, 0.15) is 39.5 Å². The Morgan fingerprint density at radius 1 is 0.917 bits per heavy atom. The number of hydrogen-bond acceptors (Lipinski definition) is 7. The lowest BCUT2D eigenvalue weighted by Gasteiger charge is -2.11. The third kappa shape index (κ3) is 5.57. The molecule has 0 amide bonds. The summed E-state index contributed by atoms with van der Waals surface area (Å²) in [5.41, 5.74) is 7.28. The zero-order valence-electron chi connectivity index (χ0n) is 14.3. The van der Waals surface area contributed by atoms with Crippen LogP contribution >= 0.6 is 0 Å². The van der Waals surface area contributed by atoms with Crippen molar-refractivity contribution < 1.29 is 9.47 Å². The smallest absolute Gasteiger partial charge is 0.324 e. The second-order valence-corrected chi connectivity index (χ2v) is 5.34. The van der Waals surface area contributed by atoms with Gasteiger partial charge in [0.25, 0.3) is 0 Å². The first-order valence-electron chi connectivity index (χ1n) is 8.36. The summed E-state index contributed by atoms with van der Waals surface area (Å²) in [6, 6.07) is 7.92. The highest BCUT2D eigenvalue weighted by Crippen LogP contribution is 2.22. The second kappa shape index (κ2) is 9.54. The van der Waals surface area contributed by atoms with Gasteiger partial charge in [-0.3, -0.25) is 0 Å². The first-order valence-corrected chi connectivity index (χ1v) is 8.36. The molecule has 1 aromatic heterocycles. The van der Waals surface area contributed by atoms with E-state index in [0.29, 0.717) is 24.8 Å². The van der Waals surface area contributed by atoms with E-state index in [4.69, 9.17) is 15.2 Å². The molecule has 0 aliphatic heterocycles. The van der Waals surface area contributed by atoms with Gasteiger partial charge in [0.05, 0.1) is 24.6 Å². The zero-order valence-corrected chi connectivity index (χ0v) is 14.3. The van der Waals surface area contributed by atoms with E-state index in [-0.39, 0.29) is 12.0 Å². The average molecular weight is 331 g/mol. The molecule has 7 nitrogen and oxygen atoms in total. The monoisotopic (exact) mass is 331 g/mol. The van der Waals surface area contributed by atoms with Crippen molar-refractivity contribution in [1.29, 1.82) is 0 Å². The van der Waals surface area contributed by atoms with Gasteiger partial charge in [-0.2, -0.15) is 9.97 Å². The Hall–Kier alpha value is -2.57. The molecule has 2 rings (SSSR count). The third-order valence-corrected chi connectivity index (χ3v) is 3.26. The Kier molecular flexibility index (Phi) is 7.07. The molecule has 0 aliphatic carbocycles. The lowest BCUT2D eigenvalue weighted by molar-refractivity contribution is 0.256. The molecule has 0 saturated carbocycles. The Labute approximate surface area is 142 Å². The number of para-hydroxylation sites is 2. The number of ether oxygens (including phenoxy) is 2. The molecule has 0 radical (unpaired) electrons. The van der Waals surface area contributed by atoms with Gasteiger partial charge in [-0.1, -0.05) is 38.8 Å². The fourth-order valence-electron chi connectivity index (χ4n) is 1.87. The molecule has 0 aliphatic rings. The standard InChI is InChI=1S/C17H25N5O2/c1-3-5-11-23-16-20-15(19-14-10-8-7-9-13(14)18)21-17(22-16)24-12-6-4-2/h7-10H,3-6,11-12,18H2,1-2H3,(H,19,20,21,22). The Morgan fingerprint density at radius 3 is 2.04 bits per heavy atom. The highest BCUT2D eigenvalue weighted by atomic mass is 16.5. The van der Waals surface area contributed by atoms with E-state index in [2.05, 4.69) is 34.1 Å². The fourth-order valence-corrected chi connectivity index (χ4v) is 1.87. The normalized spacial score (nSPS) is 10.4. The van der Waals surface area contributed by atoms with Crippen LogP contribution in [0.4, 0.5) is 17.3 Å². The minimum absolute atomic E-state index is 0.252. The molecule has 0 atom stereocenters. The topological polar surface area (TPSA) is 95.2 Å². The molecule has 1 aromatic carbocycles. The highest BCUT2D eigenvalue weighted by Gasteiger charge is 2.10. The van der Waals surface area contributed by atoms with Crippen molar-refractivity contribution in [3.8, 4) is 12.0 Å². The number of unbranched alkanes of at least 4 members (excludes halogenated alkanes) is 2. The second-order valence-electron chi connectivity index (χ2n) is 5.34. The maximum atomic E-state index is 5.94. The van der Waals surface area contributed by atoms with E-state index in [0.717, 1.165) is 31.4 Å². The van der Waals surface area contributed by atoms with Gasteiger partial charge in [-0.15, -0.1) is 4.98 Å². The number of nitrogen functional groups attached to an aromatic ring is 1. The molecule has 24 heavy (non-hydrogen) atoms. The Morgan fingerprint density at radius 2 is 1.50 bits per heavy atom. The summed E-state index contributed by atoms with van der Waals surface area (Å²) < 4.78 is 11.2. The summed E-state index contributed by atoms with van der Waals surface area (Å²) in [4.78, 5) is 12.8. The van der Waals surface area contributed by atoms with Crippen LogP contribution in [0.3, 0.4) is 0 Å². The van der Waals surface area contributed by atoms with Crippen LogP contribution in [-0.2, 0) is 0 Å². The number of nitrogens with zero attached hydrogens (tertiary/aromatic N) is 3. The van der Waals surface area contributed by atoms with Gasteiger partial charge < -0.3 is 20.5 Å². The molecule has 0 saturated heterocycles. The van der Waals surface area contributed by atoms with Crippen molar-refractivity contribution in [3.63, 3.8) is 0 Å². The van der Waals surface area contributed by atoms with Crippen LogP contribution in [-0.4, -0.2) is 28.2 Å². The largest absolute Gasteiger partial charge is 0.463 e. The molecule has 0 fully saturated rings. The van der Waals surface area contributed by atoms with Crippen molar-refractivity contribution in [2.24, 2.45) is 0 Å². The predicted octanol–water partition coefficient (Wildman–Crippen LogP) is 3.56. The summed E-state index contributed by atoms with van der Waals surface area (Å²) in [7, 11) is 0. The minimum atomic E-state index is 0.252. The number of rotatable bonds is 10. The number of hydrogen-bond donors (Lipinski definition) is 2. The minimum Gasteiger partial charge on any atom is -0.463 e. The summed E-state index contributed by atoms with van der Waals surface area (Å²) in [6.07, 6.45) is 3.95. The molecular weight excluding hydrogens is 306 g/mol. The Balaban J connectivity index is 2.16. The van der Waals surface area contributed by atoms with Crippen LogP contribution in [0.15, 0.2) is 24.3 Å². The number of benzene rings is 1. The first kappa shape index (κ1) is 17.8. The Bertz CT molecular complexity index is 608. The molecule has 2 aromatic rings. The molecule has 7 heteroatoms. The van der Waals surface area contributed by atoms with Gasteiger partial charge in [0.15, 0.2) is 0 Å². The summed E-state index contributed by atoms with van der Waals surface area (Å²) in [5, 5.41) is 3.09. The molecule has 0 spiro atoms. The van der Waals surface area contributed by atoms with Crippen LogP contribution in [0.5, 0.6) is 12.0 Å². The molecule has 3 N–H and O–H groups in total. The van der Waals surface area contributed by atoms with Gasteiger partial charge in [0.1, 0.15) is 0 Å². The first-order chi connectivity index (χ1) is 11.7. The number of nitrogens with two attached hydrogens (primary N) is 1. The van der Waals surface area contributed by atoms with Crippen LogP contribution in [0.25, 0.3) is 0 Å². The number of aromatic nitrogens is 3. The van der Waals surface area contributed by atoms with E-state index in [9.17, 15) is 0 Å². The van der Waals surface area contributed by atoms with E-state index in [1.54, 1.807) is 6.07 Å². The summed E-state index contributed by atoms with van der Waals surface area (Å²) in [6.45, 7) is 5.31. The lowest BCUT2D eigenvalue weighted by Crippen LogP contribution is -2.09. The van der Waals surface area contributed by atoms with E-state index in [1.807, 2.05) is 18.2 Å².